The highest BCUT2D eigenvalue weighted by Crippen LogP contribution is 2.57. The van der Waals surface area contributed by atoms with Crippen molar-refractivity contribution in [1.82, 2.24) is 0 Å². The minimum atomic E-state index is -0.332. The van der Waals surface area contributed by atoms with Gasteiger partial charge in [-0.15, -0.1) is 13.2 Å². The Bertz CT molecular complexity index is 1200. The van der Waals surface area contributed by atoms with Gasteiger partial charge < -0.3 is 0 Å². The first-order valence-corrected chi connectivity index (χ1v) is 10.6. The van der Waals surface area contributed by atoms with Crippen LogP contribution in [-0.2, 0) is 10.8 Å². The largest absolute Gasteiger partial charge is 0.102 e. The number of allylic oxidation sites excluding steroid dienone is 2. The van der Waals surface area contributed by atoms with E-state index in [4.69, 9.17) is 0 Å². The van der Waals surface area contributed by atoms with E-state index in [1.165, 1.54) is 55.6 Å². The number of hydrogen-bond acceptors (Lipinski definition) is 0. The highest BCUT2D eigenvalue weighted by molar-refractivity contribution is 5.91. The summed E-state index contributed by atoms with van der Waals surface area (Å²) in [6.45, 7) is 17.5. The van der Waals surface area contributed by atoms with Crippen molar-refractivity contribution < 1.29 is 0 Å². The molecule has 0 aliphatic heterocycles. The van der Waals surface area contributed by atoms with E-state index in [-0.39, 0.29) is 10.8 Å². The molecule has 0 amide bonds. The molecule has 0 heterocycles. The van der Waals surface area contributed by atoms with Crippen LogP contribution < -0.4 is 0 Å². The number of hydrogen-bond donors (Lipinski definition) is 0. The van der Waals surface area contributed by atoms with Gasteiger partial charge in [-0.2, -0.15) is 0 Å². The van der Waals surface area contributed by atoms with Crippen LogP contribution in [0.25, 0.3) is 22.3 Å². The number of rotatable bonds is 3. The smallest absolute Gasteiger partial charge is 0.0570 e. The van der Waals surface area contributed by atoms with E-state index < -0.39 is 0 Å². The summed E-state index contributed by atoms with van der Waals surface area (Å²) in [5.41, 5.74) is 13.3. The second-order valence-electron chi connectivity index (χ2n) is 9.00. The lowest BCUT2D eigenvalue weighted by molar-refractivity contribution is 0.564. The van der Waals surface area contributed by atoms with E-state index in [2.05, 4.69) is 102 Å². The molecule has 0 spiro atoms. The Morgan fingerprint density at radius 2 is 1.14 bits per heavy atom. The summed E-state index contributed by atoms with van der Waals surface area (Å²) >= 11 is 0. The molecule has 1 atom stereocenters. The maximum Gasteiger partial charge on any atom is 0.0570 e. The lowest BCUT2D eigenvalue weighted by Gasteiger charge is -2.27. The molecule has 0 N–H and O–H groups in total. The van der Waals surface area contributed by atoms with E-state index in [1.54, 1.807) is 0 Å². The van der Waals surface area contributed by atoms with Crippen LogP contribution in [0.5, 0.6) is 0 Å². The van der Waals surface area contributed by atoms with Crippen molar-refractivity contribution >= 4 is 0 Å². The fraction of sp³-hybridized carbons (Fsp3) is 0.241. The zero-order chi connectivity index (χ0) is 20.6. The highest BCUT2D eigenvalue weighted by atomic mass is 14.5. The monoisotopic (exact) mass is 376 g/mol. The van der Waals surface area contributed by atoms with Crippen molar-refractivity contribution in [1.29, 1.82) is 0 Å². The van der Waals surface area contributed by atoms with Crippen LogP contribution in [0.2, 0.25) is 0 Å². The third-order valence-electron chi connectivity index (χ3n) is 7.52. The number of fused-ring (bicyclic) bond motifs is 6. The first-order chi connectivity index (χ1) is 13.9. The van der Waals surface area contributed by atoms with Crippen LogP contribution in [0.15, 0.2) is 73.8 Å². The zero-order valence-corrected chi connectivity index (χ0v) is 17.9. The van der Waals surface area contributed by atoms with Crippen LogP contribution in [-0.4, -0.2) is 0 Å². The summed E-state index contributed by atoms with van der Waals surface area (Å²) < 4.78 is 0. The molecule has 0 fully saturated rings. The second kappa shape index (κ2) is 5.83. The SMILES string of the molecule is C=CC1(C=C)c2cc(C)ccc2-c2cc3c(cc21)-c1ccc(C)cc1C3(C)CC. The van der Waals surface area contributed by atoms with Gasteiger partial charge in [0.15, 0.2) is 0 Å². The summed E-state index contributed by atoms with van der Waals surface area (Å²) in [5, 5.41) is 0. The maximum atomic E-state index is 4.24. The van der Waals surface area contributed by atoms with Gasteiger partial charge in [0.1, 0.15) is 0 Å². The van der Waals surface area contributed by atoms with Crippen molar-refractivity contribution in [3.05, 3.63) is 107 Å². The van der Waals surface area contributed by atoms with E-state index in [1.807, 2.05) is 0 Å². The van der Waals surface area contributed by atoms with Crippen LogP contribution in [0.4, 0.5) is 0 Å². The van der Waals surface area contributed by atoms with Gasteiger partial charge >= 0.3 is 0 Å². The zero-order valence-electron chi connectivity index (χ0n) is 17.9. The normalized spacial score (nSPS) is 19.9. The van der Waals surface area contributed by atoms with Crippen LogP contribution in [0.3, 0.4) is 0 Å². The first kappa shape index (κ1) is 18.2. The predicted octanol–water partition coefficient (Wildman–Crippen LogP) is 7.64. The lowest BCUT2D eigenvalue weighted by Crippen LogP contribution is -2.20. The Morgan fingerprint density at radius 3 is 1.72 bits per heavy atom. The Balaban J connectivity index is 1.89. The molecule has 0 nitrogen and oxygen atoms in total. The molecule has 2 aliphatic carbocycles. The van der Waals surface area contributed by atoms with Gasteiger partial charge in [0.05, 0.1) is 5.41 Å². The molecule has 0 bridgehead atoms. The van der Waals surface area contributed by atoms with Crippen molar-refractivity contribution in [2.75, 3.05) is 0 Å². The van der Waals surface area contributed by atoms with Gasteiger partial charge in [0.2, 0.25) is 0 Å². The third kappa shape index (κ3) is 2.10. The molecular weight excluding hydrogens is 348 g/mol. The van der Waals surface area contributed by atoms with Crippen LogP contribution in [0, 0.1) is 13.8 Å². The molecule has 3 aromatic rings. The fourth-order valence-corrected chi connectivity index (χ4v) is 5.62. The molecule has 1 unspecified atom stereocenters. The van der Waals surface area contributed by atoms with Gasteiger partial charge in [-0.25, -0.2) is 0 Å². The van der Waals surface area contributed by atoms with E-state index in [9.17, 15) is 0 Å². The molecule has 0 radical (unpaired) electrons. The van der Waals surface area contributed by atoms with E-state index in [0.717, 1.165) is 6.42 Å². The number of aryl methyl sites for hydroxylation is 2. The van der Waals surface area contributed by atoms with Crippen LogP contribution >= 0.6 is 0 Å². The van der Waals surface area contributed by atoms with Gasteiger partial charge in [0.25, 0.3) is 0 Å². The van der Waals surface area contributed by atoms with E-state index in [0.29, 0.717) is 0 Å². The Labute approximate surface area is 174 Å². The lowest BCUT2D eigenvalue weighted by atomic mass is 9.75. The predicted molar refractivity (Wildman–Crippen MR) is 125 cm³/mol. The summed E-state index contributed by atoms with van der Waals surface area (Å²) in [5.74, 6) is 0. The van der Waals surface area contributed by atoms with Crippen molar-refractivity contribution in [2.24, 2.45) is 0 Å². The Morgan fingerprint density at radius 1 is 0.690 bits per heavy atom. The Hall–Kier alpha value is -2.86. The summed E-state index contributed by atoms with van der Waals surface area (Å²) in [4.78, 5) is 0. The summed E-state index contributed by atoms with van der Waals surface area (Å²) in [6, 6.07) is 18.6. The third-order valence-corrected chi connectivity index (χ3v) is 7.52. The fourth-order valence-electron chi connectivity index (χ4n) is 5.62. The topological polar surface area (TPSA) is 0 Å². The molecule has 29 heavy (non-hydrogen) atoms. The molecule has 0 saturated carbocycles. The Kier molecular flexibility index (Phi) is 3.65. The highest BCUT2D eigenvalue weighted by Gasteiger charge is 2.44. The van der Waals surface area contributed by atoms with Gasteiger partial charge in [-0.3, -0.25) is 0 Å². The van der Waals surface area contributed by atoms with Gasteiger partial charge in [0, 0.05) is 5.41 Å². The molecule has 0 aromatic heterocycles. The average molecular weight is 377 g/mol. The molecule has 3 aromatic carbocycles. The first-order valence-electron chi connectivity index (χ1n) is 10.6. The quantitative estimate of drug-likeness (QED) is 0.412. The summed E-state index contributed by atoms with van der Waals surface area (Å²) in [7, 11) is 0. The molecular formula is C29H28. The maximum absolute atomic E-state index is 4.24. The minimum absolute atomic E-state index is 0.0458. The summed E-state index contributed by atoms with van der Waals surface area (Å²) in [6.07, 6.45) is 5.23. The molecule has 0 heteroatoms. The van der Waals surface area contributed by atoms with Crippen molar-refractivity contribution in [3.63, 3.8) is 0 Å². The second-order valence-corrected chi connectivity index (χ2v) is 9.00. The van der Waals surface area contributed by atoms with Crippen molar-refractivity contribution in [3.8, 4) is 22.3 Å². The average Bonchev–Trinajstić information content (AvgIpc) is 3.13. The van der Waals surface area contributed by atoms with Crippen LogP contribution in [0.1, 0.15) is 53.6 Å². The molecule has 144 valence electrons. The minimum Gasteiger partial charge on any atom is -0.102 e. The van der Waals surface area contributed by atoms with E-state index >= 15 is 0 Å². The molecule has 5 rings (SSSR count). The van der Waals surface area contributed by atoms with Gasteiger partial charge in [-0.1, -0.05) is 73.5 Å². The number of benzene rings is 3. The molecule has 0 saturated heterocycles. The molecule has 2 aliphatic rings. The standard InChI is InChI=1S/C29H28/c1-7-28(6)24-14-18(4)10-12-20(24)22-17-27-23(16-25(22)28)21-13-11-19(5)15-26(21)29(27,8-2)9-3/h8-17H,2-3,7H2,1,4-6H3. The van der Waals surface area contributed by atoms with Gasteiger partial charge in [-0.05, 0) is 76.9 Å². The van der Waals surface area contributed by atoms with Crippen molar-refractivity contribution in [2.45, 2.75) is 44.9 Å².